The zero-order valence-corrected chi connectivity index (χ0v) is 10.9. The molecular formula is C14H13ClFNO2. The van der Waals surface area contributed by atoms with Gasteiger partial charge >= 0.3 is 0 Å². The van der Waals surface area contributed by atoms with Crippen molar-refractivity contribution >= 4 is 11.6 Å². The molecule has 0 aliphatic heterocycles. The summed E-state index contributed by atoms with van der Waals surface area (Å²) in [6.45, 7) is 0.529. The summed E-state index contributed by atoms with van der Waals surface area (Å²) < 4.78 is 24.4. The van der Waals surface area contributed by atoms with Gasteiger partial charge in [-0.2, -0.15) is 0 Å². The zero-order chi connectivity index (χ0) is 13.5. The van der Waals surface area contributed by atoms with E-state index in [1.165, 1.54) is 12.3 Å². The van der Waals surface area contributed by atoms with Crippen molar-refractivity contribution in [3.8, 4) is 11.6 Å². The lowest BCUT2D eigenvalue weighted by atomic mass is 10.3. The largest absolute Gasteiger partial charge is 0.490 e. The van der Waals surface area contributed by atoms with Crippen molar-refractivity contribution in [3.63, 3.8) is 0 Å². The number of hydrogen-bond acceptors (Lipinski definition) is 3. The summed E-state index contributed by atoms with van der Waals surface area (Å²) >= 11 is 5.60. The van der Waals surface area contributed by atoms with Gasteiger partial charge < -0.3 is 9.47 Å². The van der Waals surface area contributed by atoms with Crippen molar-refractivity contribution in [3.05, 3.63) is 54.0 Å². The molecule has 100 valence electrons. The molecule has 19 heavy (non-hydrogen) atoms. The van der Waals surface area contributed by atoms with Gasteiger partial charge in [0.05, 0.1) is 5.88 Å². The number of nitrogens with zero attached hydrogens (tertiary/aromatic N) is 1. The van der Waals surface area contributed by atoms with Gasteiger partial charge in [-0.05, 0) is 18.2 Å². The Morgan fingerprint density at radius 1 is 1.05 bits per heavy atom. The molecule has 0 unspecified atom stereocenters. The molecule has 0 amide bonds. The Hall–Kier alpha value is -1.81. The summed E-state index contributed by atoms with van der Waals surface area (Å²) in [5.41, 5.74) is 0.371. The van der Waals surface area contributed by atoms with E-state index in [-0.39, 0.29) is 18.4 Å². The SMILES string of the molecule is Fc1c(CCl)ccnc1OCCOc1ccccc1. The first-order valence-corrected chi connectivity index (χ1v) is 6.34. The van der Waals surface area contributed by atoms with Crippen molar-refractivity contribution < 1.29 is 13.9 Å². The van der Waals surface area contributed by atoms with E-state index in [1.807, 2.05) is 30.3 Å². The van der Waals surface area contributed by atoms with Crippen molar-refractivity contribution in [2.75, 3.05) is 13.2 Å². The molecule has 2 aromatic rings. The van der Waals surface area contributed by atoms with Crippen molar-refractivity contribution in [1.82, 2.24) is 4.98 Å². The topological polar surface area (TPSA) is 31.4 Å². The first-order chi connectivity index (χ1) is 9.31. The van der Waals surface area contributed by atoms with Gasteiger partial charge in [0.2, 0.25) is 0 Å². The monoisotopic (exact) mass is 281 g/mol. The standard InChI is InChI=1S/C14H13ClFNO2/c15-10-11-6-7-17-14(13(11)16)19-9-8-18-12-4-2-1-3-5-12/h1-7H,8-10H2. The molecule has 0 fully saturated rings. The van der Waals surface area contributed by atoms with Crippen LogP contribution < -0.4 is 9.47 Å². The highest BCUT2D eigenvalue weighted by atomic mass is 35.5. The Morgan fingerprint density at radius 2 is 1.79 bits per heavy atom. The van der Waals surface area contributed by atoms with Crippen molar-refractivity contribution in [1.29, 1.82) is 0 Å². The Labute approximate surface area is 115 Å². The van der Waals surface area contributed by atoms with E-state index in [2.05, 4.69) is 4.98 Å². The molecule has 0 atom stereocenters. The van der Waals surface area contributed by atoms with Crippen LogP contribution in [0.1, 0.15) is 5.56 Å². The van der Waals surface area contributed by atoms with E-state index in [4.69, 9.17) is 21.1 Å². The number of benzene rings is 1. The molecule has 0 aliphatic carbocycles. The summed E-state index contributed by atoms with van der Waals surface area (Å²) in [7, 11) is 0. The number of alkyl halides is 1. The van der Waals surface area contributed by atoms with Crippen LogP contribution in [0.25, 0.3) is 0 Å². The molecule has 0 saturated carbocycles. The molecule has 0 spiro atoms. The average Bonchev–Trinajstić information content (AvgIpc) is 2.46. The molecule has 0 aliphatic rings. The van der Waals surface area contributed by atoms with Crippen LogP contribution in [0, 0.1) is 5.82 Å². The molecule has 5 heteroatoms. The molecule has 0 N–H and O–H groups in total. The second kappa shape index (κ2) is 6.95. The van der Waals surface area contributed by atoms with E-state index in [0.29, 0.717) is 12.2 Å². The van der Waals surface area contributed by atoms with Crippen LogP contribution in [0.2, 0.25) is 0 Å². The maximum atomic E-state index is 13.7. The van der Waals surface area contributed by atoms with Crippen molar-refractivity contribution in [2.45, 2.75) is 5.88 Å². The lowest BCUT2D eigenvalue weighted by Gasteiger charge is -2.09. The lowest BCUT2D eigenvalue weighted by Crippen LogP contribution is -2.11. The van der Waals surface area contributed by atoms with Gasteiger partial charge in [-0.3, -0.25) is 0 Å². The fourth-order valence-corrected chi connectivity index (χ4v) is 1.69. The number of hydrogen-bond donors (Lipinski definition) is 0. The first kappa shape index (κ1) is 13.6. The van der Waals surface area contributed by atoms with Gasteiger partial charge in [-0.1, -0.05) is 18.2 Å². The number of aromatic nitrogens is 1. The van der Waals surface area contributed by atoms with Crippen LogP contribution in [0.4, 0.5) is 4.39 Å². The predicted octanol–water partition coefficient (Wildman–Crippen LogP) is 3.42. The maximum absolute atomic E-state index is 13.7. The van der Waals surface area contributed by atoms with Crippen LogP contribution >= 0.6 is 11.6 Å². The van der Waals surface area contributed by atoms with E-state index < -0.39 is 5.82 Å². The minimum absolute atomic E-state index is 0.0465. The van der Waals surface area contributed by atoms with Crippen LogP contribution in [0.3, 0.4) is 0 Å². The Kier molecular flexibility index (Phi) is 4.98. The third-order valence-electron chi connectivity index (χ3n) is 2.42. The Balaban J connectivity index is 1.83. The van der Waals surface area contributed by atoms with Crippen LogP contribution in [-0.4, -0.2) is 18.2 Å². The summed E-state index contributed by atoms with van der Waals surface area (Å²) in [4.78, 5) is 3.82. The van der Waals surface area contributed by atoms with E-state index in [0.717, 1.165) is 5.75 Å². The van der Waals surface area contributed by atoms with Gasteiger partial charge in [-0.25, -0.2) is 9.37 Å². The quantitative estimate of drug-likeness (QED) is 0.600. The number of ether oxygens (including phenoxy) is 2. The van der Waals surface area contributed by atoms with Gasteiger partial charge in [0, 0.05) is 11.8 Å². The second-order valence-electron chi connectivity index (χ2n) is 3.73. The van der Waals surface area contributed by atoms with E-state index in [9.17, 15) is 4.39 Å². The number of halogens is 2. The molecule has 1 heterocycles. The molecule has 2 rings (SSSR count). The van der Waals surface area contributed by atoms with Crippen molar-refractivity contribution in [2.24, 2.45) is 0 Å². The molecule has 0 bridgehead atoms. The molecule has 3 nitrogen and oxygen atoms in total. The second-order valence-corrected chi connectivity index (χ2v) is 4.00. The molecule has 1 aromatic heterocycles. The molecular weight excluding hydrogens is 269 g/mol. The third kappa shape index (κ3) is 3.83. The van der Waals surface area contributed by atoms with Gasteiger partial charge in [0.15, 0.2) is 5.82 Å². The van der Waals surface area contributed by atoms with Gasteiger partial charge in [0.25, 0.3) is 5.88 Å². The van der Waals surface area contributed by atoms with Gasteiger partial charge in [-0.15, -0.1) is 11.6 Å². The number of pyridine rings is 1. The van der Waals surface area contributed by atoms with E-state index in [1.54, 1.807) is 0 Å². The fraction of sp³-hybridized carbons (Fsp3) is 0.214. The fourth-order valence-electron chi connectivity index (χ4n) is 1.48. The highest BCUT2D eigenvalue weighted by Gasteiger charge is 2.09. The first-order valence-electron chi connectivity index (χ1n) is 5.81. The minimum Gasteiger partial charge on any atom is -0.490 e. The predicted molar refractivity (Wildman–Crippen MR) is 71.2 cm³/mol. The smallest absolute Gasteiger partial charge is 0.250 e. The molecule has 0 saturated heterocycles. The van der Waals surface area contributed by atoms with E-state index >= 15 is 0 Å². The highest BCUT2D eigenvalue weighted by molar-refractivity contribution is 6.17. The number of rotatable bonds is 6. The summed E-state index contributed by atoms with van der Waals surface area (Å²) in [5, 5.41) is 0. The summed E-state index contributed by atoms with van der Waals surface area (Å²) in [6.07, 6.45) is 1.47. The average molecular weight is 282 g/mol. The van der Waals surface area contributed by atoms with Crippen LogP contribution in [0.5, 0.6) is 11.6 Å². The zero-order valence-electron chi connectivity index (χ0n) is 10.2. The minimum atomic E-state index is -0.516. The summed E-state index contributed by atoms with van der Waals surface area (Å²) in [6, 6.07) is 10.9. The van der Waals surface area contributed by atoms with Crippen LogP contribution in [-0.2, 0) is 5.88 Å². The third-order valence-corrected chi connectivity index (χ3v) is 2.70. The van der Waals surface area contributed by atoms with Crippen LogP contribution in [0.15, 0.2) is 42.6 Å². The highest BCUT2D eigenvalue weighted by Crippen LogP contribution is 2.18. The maximum Gasteiger partial charge on any atom is 0.250 e. The number of para-hydroxylation sites is 1. The Bertz CT molecular complexity index is 522. The summed E-state index contributed by atoms with van der Waals surface area (Å²) in [5.74, 6) is 0.270. The Morgan fingerprint density at radius 3 is 2.53 bits per heavy atom. The van der Waals surface area contributed by atoms with Gasteiger partial charge in [0.1, 0.15) is 19.0 Å². The lowest BCUT2D eigenvalue weighted by molar-refractivity contribution is 0.205. The normalized spacial score (nSPS) is 10.2. The molecule has 1 aromatic carbocycles. The molecule has 0 radical (unpaired) electrons.